The number of aromatic nitrogens is 3. The maximum absolute atomic E-state index is 4.27. The van der Waals surface area contributed by atoms with Crippen LogP contribution in [0.15, 0.2) is 24.5 Å². The van der Waals surface area contributed by atoms with E-state index < -0.39 is 0 Å². The average Bonchev–Trinajstić information content (AvgIpc) is 2.18. The topological polar surface area (TPSA) is 50.7 Å². The van der Waals surface area contributed by atoms with Crippen molar-refractivity contribution in [1.82, 2.24) is 15.2 Å². The molecule has 72 valence electrons. The van der Waals surface area contributed by atoms with Crippen LogP contribution in [-0.4, -0.2) is 21.2 Å². The van der Waals surface area contributed by atoms with Crippen LogP contribution in [0.4, 0.5) is 5.69 Å². The van der Waals surface area contributed by atoms with Gasteiger partial charge in [0.25, 0.3) is 0 Å². The summed E-state index contributed by atoms with van der Waals surface area (Å²) >= 11 is 0. The van der Waals surface area contributed by atoms with Crippen molar-refractivity contribution in [1.29, 1.82) is 0 Å². The smallest absolute Gasteiger partial charge is 0.115 e. The number of fused-ring (bicyclic) bond motifs is 1. The molecule has 2 aromatic rings. The molecule has 4 heteroatoms. The van der Waals surface area contributed by atoms with Gasteiger partial charge < -0.3 is 5.32 Å². The molecule has 0 aliphatic heterocycles. The molecule has 0 radical (unpaired) electrons. The van der Waals surface area contributed by atoms with Crippen LogP contribution in [0, 0.1) is 0 Å². The van der Waals surface area contributed by atoms with Crippen molar-refractivity contribution in [2.75, 3.05) is 5.32 Å². The molecule has 14 heavy (non-hydrogen) atoms. The van der Waals surface area contributed by atoms with E-state index in [4.69, 9.17) is 0 Å². The predicted molar refractivity (Wildman–Crippen MR) is 56.1 cm³/mol. The Kier molecular flexibility index (Phi) is 2.26. The van der Waals surface area contributed by atoms with Crippen LogP contribution in [0.2, 0.25) is 0 Å². The third-order valence-corrected chi connectivity index (χ3v) is 1.84. The van der Waals surface area contributed by atoms with Gasteiger partial charge in [0.2, 0.25) is 0 Å². The van der Waals surface area contributed by atoms with E-state index in [1.54, 1.807) is 12.4 Å². The second kappa shape index (κ2) is 3.57. The second-order valence-electron chi connectivity index (χ2n) is 3.43. The SMILES string of the molecule is CC(C)Nc1cnnc2cccnc12. The summed E-state index contributed by atoms with van der Waals surface area (Å²) in [5.41, 5.74) is 2.62. The van der Waals surface area contributed by atoms with Crippen molar-refractivity contribution in [3.05, 3.63) is 24.5 Å². The van der Waals surface area contributed by atoms with Crippen LogP contribution >= 0.6 is 0 Å². The summed E-state index contributed by atoms with van der Waals surface area (Å²) in [6.45, 7) is 4.16. The minimum absolute atomic E-state index is 0.365. The molecule has 0 aliphatic carbocycles. The fraction of sp³-hybridized carbons (Fsp3) is 0.300. The number of anilines is 1. The monoisotopic (exact) mass is 188 g/mol. The zero-order chi connectivity index (χ0) is 9.97. The molecule has 0 aromatic carbocycles. The zero-order valence-electron chi connectivity index (χ0n) is 8.23. The minimum Gasteiger partial charge on any atom is -0.380 e. The Balaban J connectivity index is 2.53. The Morgan fingerprint density at radius 3 is 3.00 bits per heavy atom. The van der Waals surface area contributed by atoms with Crippen LogP contribution in [0.1, 0.15) is 13.8 Å². The van der Waals surface area contributed by atoms with Crippen LogP contribution in [0.3, 0.4) is 0 Å². The van der Waals surface area contributed by atoms with Crippen molar-refractivity contribution in [2.24, 2.45) is 0 Å². The van der Waals surface area contributed by atoms with Crippen molar-refractivity contribution >= 4 is 16.7 Å². The Labute approximate surface area is 82.4 Å². The maximum atomic E-state index is 4.27. The Morgan fingerprint density at radius 2 is 2.21 bits per heavy atom. The summed E-state index contributed by atoms with van der Waals surface area (Å²) in [6, 6.07) is 4.13. The number of nitrogens with one attached hydrogen (secondary N) is 1. The summed E-state index contributed by atoms with van der Waals surface area (Å²) in [5, 5.41) is 11.2. The lowest BCUT2D eigenvalue weighted by Gasteiger charge is -2.10. The minimum atomic E-state index is 0.365. The van der Waals surface area contributed by atoms with Crippen molar-refractivity contribution in [2.45, 2.75) is 19.9 Å². The van der Waals surface area contributed by atoms with E-state index in [9.17, 15) is 0 Å². The molecule has 1 N–H and O–H groups in total. The molecule has 0 bridgehead atoms. The van der Waals surface area contributed by atoms with Gasteiger partial charge >= 0.3 is 0 Å². The Bertz CT molecular complexity index is 434. The van der Waals surface area contributed by atoms with E-state index in [0.29, 0.717) is 6.04 Å². The van der Waals surface area contributed by atoms with Gasteiger partial charge in [-0.1, -0.05) is 0 Å². The number of hydrogen-bond acceptors (Lipinski definition) is 4. The highest BCUT2D eigenvalue weighted by Gasteiger charge is 2.03. The van der Waals surface area contributed by atoms with Crippen molar-refractivity contribution < 1.29 is 0 Å². The highest BCUT2D eigenvalue weighted by Crippen LogP contribution is 2.17. The predicted octanol–water partition coefficient (Wildman–Crippen LogP) is 1.85. The van der Waals surface area contributed by atoms with E-state index in [2.05, 4.69) is 34.3 Å². The summed E-state index contributed by atoms with van der Waals surface area (Å²) in [7, 11) is 0. The molecular weight excluding hydrogens is 176 g/mol. The molecule has 0 fully saturated rings. The van der Waals surface area contributed by atoms with Gasteiger partial charge in [-0.2, -0.15) is 5.10 Å². The number of hydrogen-bond donors (Lipinski definition) is 1. The largest absolute Gasteiger partial charge is 0.380 e. The van der Waals surface area contributed by atoms with Gasteiger partial charge in [0, 0.05) is 12.2 Å². The molecule has 0 spiro atoms. The first-order valence-electron chi connectivity index (χ1n) is 4.60. The van der Waals surface area contributed by atoms with Gasteiger partial charge in [-0.05, 0) is 26.0 Å². The van der Waals surface area contributed by atoms with Crippen LogP contribution in [0.25, 0.3) is 11.0 Å². The molecule has 0 saturated heterocycles. The maximum Gasteiger partial charge on any atom is 0.115 e. The summed E-state index contributed by atoms with van der Waals surface area (Å²) in [4.78, 5) is 4.27. The quantitative estimate of drug-likeness (QED) is 0.781. The van der Waals surface area contributed by atoms with Crippen LogP contribution in [0.5, 0.6) is 0 Å². The van der Waals surface area contributed by atoms with Gasteiger partial charge in [0.1, 0.15) is 11.0 Å². The normalized spacial score (nSPS) is 10.8. The summed E-state index contributed by atoms with van der Waals surface area (Å²) < 4.78 is 0. The van der Waals surface area contributed by atoms with Crippen LogP contribution < -0.4 is 5.32 Å². The molecule has 0 saturated carbocycles. The molecule has 0 aliphatic rings. The highest BCUT2D eigenvalue weighted by atomic mass is 15.1. The lowest BCUT2D eigenvalue weighted by Crippen LogP contribution is -2.10. The van der Waals surface area contributed by atoms with Gasteiger partial charge in [0.05, 0.1) is 11.9 Å². The third kappa shape index (κ3) is 1.64. The van der Waals surface area contributed by atoms with Gasteiger partial charge in [-0.15, -0.1) is 5.10 Å². The van der Waals surface area contributed by atoms with Gasteiger partial charge in [0.15, 0.2) is 0 Å². The highest BCUT2D eigenvalue weighted by molar-refractivity contribution is 5.86. The third-order valence-electron chi connectivity index (χ3n) is 1.84. The van der Waals surface area contributed by atoms with Crippen LogP contribution in [-0.2, 0) is 0 Å². The molecule has 0 amide bonds. The molecule has 2 rings (SSSR count). The molecule has 2 aromatic heterocycles. The van der Waals surface area contributed by atoms with E-state index in [1.165, 1.54) is 0 Å². The van der Waals surface area contributed by atoms with E-state index in [1.807, 2.05) is 12.1 Å². The number of pyridine rings is 1. The van der Waals surface area contributed by atoms with E-state index in [-0.39, 0.29) is 0 Å². The summed E-state index contributed by atoms with van der Waals surface area (Å²) in [6.07, 6.45) is 3.46. The second-order valence-corrected chi connectivity index (χ2v) is 3.43. The average molecular weight is 188 g/mol. The molecule has 2 heterocycles. The molecular formula is C10H12N4. The lowest BCUT2D eigenvalue weighted by atomic mass is 10.3. The molecule has 0 unspecified atom stereocenters. The van der Waals surface area contributed by atoms with Gasteiger partial charge in [-0.25, -0.2) is 0 Å². The van der Waals surface area contributed by atoms with Crippen molar-refractivity contribution in [3.8, 4) is 0 Å². The first-order chi connectivity index (χ1) is 6.77. The number of nitrogens with zero attached hydrogens (tertiary/aromatic N) is 3. The molecule has 4 nitrogen and oxygen atoms in total. The lowest BCUT2D eigenvalue weighted by molar-refractivity contribution is 0.896. The Morgan fingerprint density at radius 1 is 1.36 bits per heavy atom. The first-order valence-corrected chi connectivity index (χ1v) is 4.60. The molecule has 0 atom stereocenters. The fourth-order valence-electron chi connectivity index (χ4n) is 1.31. The van der Waals surface area contributed by atoms with Crippen molar-refractivity contribution in [3.63, 3.8) is 0 Å². The van der Waals surface area contributed by atoms with Gasteiger partial charge in [-0.3, -0.25) is 4.98 Å². The van der Waals surface area contributed by atoms with E-state index in [0.717, 1.165) is 16.7 Å². The summed E-state index contributed by atoms with van der Waals surface area (Å²) in [5.74, 6) is 0. The Hall–Kier alpha value is -1.71. The fourth-order valence-corrected chi connectivity index (χ4v) is 1.31. The number of rotatable bonds is 2. The first kappa shape index (κ1) is 8.87. The standard InChI is InChI=1S/C10H12N4/c1-7(2)13-9-6-12-14-8-4-3-5-11-10(8)9/h3-7H,1-2H3,(H,13,14). The zero-order valence-corrected chi connectivity index (χ0v) is 8.23. The van der Waals surface area contributed by atoms with E-state index >= 15 is 0 Å².